The second-order valence-corrected chi connectivity index (χ2v) is 8.62. The molecule has 0 aliphatic carbocycles. The van der Waals surface area contributed by atoms with Crippen LogP contribution in [0.2, 0.25) is 0 Å². The van der Waals surface area contributed by atoms with Crippen LogP contribution in [-0.2, 0) is 16.0 Å². The molecule has 0 aliphatic heterocycles. The summed E-state index contributed by atoms with van der Waals surface area (Å²) >= 11 is 2.30. The molecule has 1 rings (SSSR count). The van der Waals surface area contributed by atoms with Gasteiger partial charge < -0.3 is 9.84 Å². The first-order chi connectivity index (χ1) is 13.0. The van der Waals surface area contributed by atoms with Crippen molar-refractivity contribution in [2.75, 3.05) is 12.4 Å². The molecule has 1 unspecified atom stereocenters. The summed E-state index contributed by atoms with van der Waals surface area (Å²) in [4.78, 5) is 35.4. The highest BCUT2D eigenvalue weighted by atomic mass is 32.2. The zero-order valence-electron chi connectivity index (χ0n) is 15.9. The van der Waals surface area contributed by atoms with Crippen LogP contribution in [0.3, 0.4) is 0 Å². The quantitative estimate of drug-likeness (QED) is 0.363. The Bertz CT molecular complexity index is 601. The van der Waals surface area contributed by atoms with Gasteiger partial charge in [-0.3, -0.25) is 9.59 Å². The number of esters is 1. The van der Waals surface area contributed by atoms with Gasteiger partial charge in [0.25, 0.3) is 0 Å². The Hall–Kier alpha value is -1.47. The van der Waals surface area contributed by atoms with Crippen LogP contribution in [0.5, 0.6) is 0 Å². The predicted molar refractivity (Wildman–Crippen MR) is 112 cm³/mol. The normalized spacial score (nSPS) is 11.8. The molecule has 27 heavy (non-hydrogen) atoms. The zero-order valence-corrected chi connectivity index (χ0v) is 17.6. The summed E-state index contributed by atoms with van der Waals surface area (Å²) in [6.45, 7) is 4.47. The summed E-state index contributed by atoms with van der Waals surface area (Å²) in [5, 5.41) is 8.41. The van der Waals surface area contributed by atoms with Gasteiger partial charge in [-0.05, 0) is 43.4 Å². The molecule has 0 amide bonds. The van der Waals surface area contributed by atoms with Crippen molar-refractivity contribution in [1.29, 1.82) is 0 Å². The number of aromatic carboxylic acids is 1. The van der Waals surface area contributed by atoms with Gasteiger partial charge in [0.15, 0.2) is 0 Å². The number of benzene rings is 1. The number of carboxylic acid groups (broad SMARTS) is 1. The molecule has 0 aliphatic rings. The van der Waals surface area contributed by atoms with E-state index in [9.17, 15) is 14.4 Å². The molecule has 1 N–H and O–H groups in total. The maximum absolute atomic E-state index is 12.4. The SMILES string of the molecule is CCCCOC(=O)C(CCc1ccc(C(=O)O)cc1)SC(=O)SCCCC. The molecular weight excluding hydrogens is 384 g/mol. The van der Waals surface area contributed by atoms with E-state index in [0.717, 1.165) is 48.8 Å². The summed E-state index contributed by atoms with van der Waals surface area (Å²) in [7, 11) is 0. The van der Waals surface area contributed by atoms with Crippen molar-refractivity contribution >= 4 is 39.9 Å². The molecule has 0 fully saturated rings. The Morgan fingerprint density at radius 1 is 1.07 bits per heavy atom. The number of hydrogen-bond acceptors (Lipinski definition) is 6. The number of hydrogen-bond donors (Lipinski definition) is 1. The minimum Gasteiger partial charge on any atom is -0.478 e. The fourth-order valence-corrected chi connectivity index (χ4v) is 4.30. The number of carboxylic acids is 1. The smallest absolute Gasteiger partial charge is 0.335 e. The molecule has 0 spiro atoms. The monoisotopic (exact) mass is 412 g/mol. The Morgan fingerprint density at radius 2 is 1.74 bits per heavy atom. The van der Waals surface area contributed by atoms with Crippen LogP contribution >= 0.6 is 23.5 Å². The van der Waals surface area contributed by atoms with Gasteiger partial charge in [0.1, 0.15) is 5.25 Å². The number of aryl methyl sites for hydroxylation is 1. The van der Waals surface area contributed by atoms with Gasteiger partial charge in [0.05, 0.1) is 12.2 Å². The van der Waals surface area contributed by atoms with E-state index in [1.165, 1.54) is 11.8 Å². The van der Waals surface area contributed by atoms with Gasteiger partial charge in [-0.2, -0.15) is 0 Å². The number of ether oxygens (including phenoxy) is 1. The van der Waals surface area contributed by atoms with Crippen LogP contribution in [0, 0.1) is 0 Å². The van der Waals surface area contributed by atoms with Crippen molar-refractivity contribution in [1.82, 2.24) is 0 Å². The number of carbonyl (C=O) groups is 3. The third kappa shape index (κ3) is 9.86. The molecule has 0 heterocycles. The lowest BCUT2D eigenvalue weighted by atomic mass is 10.1. The summed E-state index contributed by atoms with van der Waals surface area (Å²) < 4.78 is 5.26. The van der Waals surface area contributed by atoms with Crippen molar-refractivity contribution in [3.8, 4) is 0 Å². The second-order valence-electron chi connectivity index (χ2n) is 6.12. The van der Waals surface area contributed by atoms with Crippen LogP contribution < -0.4 is 0 Å². The Labute approximate surface area is 169 Å². The first kappa shape index (κ1) is 23.6. The Balaban J connectivity index is 2.64. The topological polar surface area (TPSA) is 80.7 Å². The van der Waals surface area contributed by atoms with Crippen LogP contribution in [0.25, 0.3) is 0 Å². The van der Waals surface area contributed by atoms with E-state index in [-0.39, 0.29) is 16.0 Å². The van der Waals surface area contributed by atoms with Crippen LogP contribution in [0.15, 0.2) is 24.3 Å². The molecule has 1 atom stereocenters. The highest BCUT2D eigenvalue weighted by molar-refractivity contribution is 8.38. The maximum atomic E-state index is 12.4. The van der Waals surface area contributed by atoms with E-state index >= 15 is 0 Å². The Morgan fingerprint density at radius 3 is 2.33 bits per heavy atom. The molecule has 0 radical (unpaired) electrons. The molecule has 0 aromatic heterocycles. The van der Waals surface area contributed by atoms with Gasteiger partial charge in [-0.25, -0.2) is 4.79 Å². The van der Waals surface area contributed by atoms with E-state index in [2.05, 4.69) is 6.92 Å². The van der Waals surface area contributed by atoms with Gasteiger partial charge in [-0.15, -0.1) is 0 Å². The van der Waals surface area contributed by atoms with Crippen molar-refractivity contribution in [2.45, 2.75) is 57.6 Å². The van der Waals surface area contributed by atoms with E-state index in [4.69, 9.17) is 9.84 Å². The molecular formula is C20H28O5S2. The molecule has 7 heteroatoms. The summed E-state index contributed by atoms with van der Waals surface area (Å²) in [6, 6.07) is 6.58. The number of carbonyl (C=O) groups excluding carboxylic acids is 2. The molecule has 1 aromatic carbocycles. The average Bonchev–Trinajstić information content (AvgIpc) is 2.65. The minimum absolute atomic E-state index is 0.0536. The van der Waals surface area contributed by atoms with Crippen molar-refractivity contribution < 1.29 is 24.2 Å². The highest BCUT2D eigenvalue weighted by Gasteiger charge is 2.24. The highest BCUT2D eigenvalue weighted by Crippen LogP contribution is 2.27. The maximum Gasteiger partial charge on any atom is 0.335 e. The van der Waals surface area contributed by atoms with Crippen LogP contribution in [0.1, 0.15) is 61.9 Å². The van der Waals surface area contributed by atoms with Crippen LogP contribution in [-0.4, -0.2) is 39.1 Å². The predicted octanol–water partition coefficient (Wildman–Crippen LogP) is 5.42. The standard InChI is InChI=1S/C20H28O5S2/c1-3-5-13-25-19(23)17(27-20(24)26-14-6-4-2)12-9-15-7-10-16(11-8-15)18(21)22/h7-8,10-11,17H,3-6,9,12-14H2,1-2H3,(H,21,22). The van der Waals surface area contributed by atoms with Crippen molar-refractivity contribution in [3.63, 3.8) is 0 Å². The fourth-order valence-electron chi connectivity index (χ4n) is 2.20. The lowest BCUT2D eigenvalue weighted by Gasteiger charge is -2.15. The minimum atomic E-state index is -0.968. The summed E-state index contributed by atoms with van der Waals surface area (Å²) in [5.74, 6) is -0.555. The van der Waals surface area contributed by atoms with E-state index in [1.807, 2.05) is 6.92 Å². The van der Waals surface area contributed by atoms with Crippen molar-refractivity contribution in [3.05, 3.63) is 35.4 Å². The third-order valence-corrected chi connectivity index (χ3v) is 6.13. The average molecular weight is 413 g/mol. The fraction of sp³-hybridized carbons (Fsp3) is 0.550. The first-order valence-electron chi connectivity index (χ1n) is 9.30. The molecule has 0 saturated heterocycles. The number of unbranched alkanes of at least 4 members (excludes halogenated alkanes) is 2. The van der Waals surface area contributed by atoms with Gasteiger partial charge in [0, 0.05) is 5.75 Å². The number of thioether (sulfide) groups is 2. The summed E-state index contributed by atoms with van der Waals surface area (Å²) in [6.07, 6.45) is 4.79. The molecule has 0 saturated carbocycles. The second kappa shape index (κ2) is 13.7. The van der Waals surface area contributed by atoms with Gasteiger partial charge >= 0.3 is 11.9 Å². The number of rotatable bonds is 12. The molecule has 0 bridgehead atoms. The van der Waals surface area contributed by atoms with Crippen molar-refractivity contribution in [2.24, 2.45) is 0 Å². The summed E-state index contributed by atoms with van der Waals surface area (Å²) in [5.41, 5.74) is 1.16. The molecule has 5 nitrogen and oxygen atoms in total. The molecule has 150 valence electrons. The molecule has 1 aromatic rings. The first-order valence-corrected chi connectivity index (χ1v) is 11.2. The van der Waals surface area contributed by atoms with Gasteiger partial charge in [-0.1, -0.05) is 62.3 Å². The van der Waals surface area contributed by atoms with E-state index in [1.54, 1.807) is 24.3 Å². The Kier molecular flexibility index (Phi) is 11.9. The lowest BCUT2D eigenvalue weighted by Crippen LogP contribution is -2.22. The zero-order chi connectivity index (χ0) is 20.1. The lowest BCUT2D eigenvalue weighted by molar-refractivity contribution is -0.143. The van der Waals surface area contributed by atoms with E-state index < -0.39 is 11.2 Å². The van der Waals surface area contributed by atoms with Crippen LogP contribution in [0.4, 0.5) is 4.79 Å². The van der Waals surface area contributed by atoms with E-state index in [0.29, 0.717) is 19.4 Å². The van der Waals surface area contributed by atoms with Gasteiger partial charge in [0.2, 0.25) is 4.45 Å². The largest absolute Gasteiger partial charge is 0.478 e. The third-order valence-electron chi connectivity index (χ3n) is 3.86.